The zero-order chi connectivity index (χ0) is 6.41. The number of aliphatic imine (C=N–C) groups is 1. The van der Waals surface area contributed by atoms with Crippen molar-refractivity contribution in [3.8, 4) is 0 Å². The second-order valence-corrected chi connectivity index (χ2v) is 1.80. The standard InChI is InChI=1S/C5H11N3/c1-8(2)4-3-7-5-6/h6H,3-4H2,1-2H3. The Labute approximate surface area is 49.5 Å². The average Bonchev–Trinajstić information content (AvgIpc) is 1.66. The van der Waals surface area contributed by atoms with Crippen LogP contribution in [0.15, 0.2) is 4.99 Å². The number of hydrogen-bond donors (Lipinski definition) is 1. The van der Waals surface area contributed by atoms with Crippen LogP contribution in [0.3, 0.4) is 0 Å². The number of rotatable bonds is 3. The summed E-state index contributed by atoms with van der Waals surface area (Å²) in [4.78, 5) is 5.60. The zero-order valence-electron chi connectivity index (χ0n) is 5.31. The lowest BCUT2D eigenvalue weighted by atomic mass is 10.6. The molecule has 0 saturated heterocycles. The minimum Gasteiger partial charge on any atom is -0.308 e. The predicted octanol–water partition coefficient (Wildman–Crippen LogP) is 0.301. The van der Waals surface area contributed by atoms with Gasteiger partial charge < -0.3 is 4.90 Å². The third kappa shape index (κ3) is 5.34. The van der Waals surface area contributed by atoms with E-state index in [2.05, 4.69) is 4.99 Å². The van der Waals surface area contributed by atoms with Crippen molar-refractivity contribution in [2.45, 2.75) is 0 Å². The maximum Gasteiger partial charge on any atom is 0.0862 e. The van der Waals surface area contributed by atoms with E-state index >= 15 is 0 Å². The van der Waals surface area contributed by atoms with E-state index in [4.69, 9.17) is 5.41 Å². The van der Waals surface area contributed by atoms with Crippen LogP contribution in [0.2, 0.25) is 0 Å². The number of nitrogens with zero attached hydrogens (tertiary/aromatic N) is 2. The van der Waals surface area contributed by atoms with Crippen LogP contribution in [0.25, 0.3) is 0 Å². The van der Waals surface area contributed by atoms with E-state index in [-0.39, 0.29) is 0 Å². The van der Waals surface area contributed by atoms with Gasteiger partial charge in [0.1, 0.15) is 0 Å². The lowest BCUT2D eigenvalue weighted by Gasteiger charge is -2.03. The summed E-state index contributed by atoms with van der Waals surface area (Å²) in [5.74, 6) is 0. The van der Waals surface area contributed by atoms with Crippen LogP contribution in [0, 0.1) is 5.41 Å². The lowest BCUT2D eigenvalue weighted by Crippen LogP contribution is -2.15. The van der Waals surface area contributed by atoms with Crippen molar-refractivity contribution < 1.29 is 0 Å². The second-order valence-electron chi connectivity index (χ2n) is 1.80. The van der Waals surface area contributed by atoms with Crippen molar-refractivity contribution in [3.63, 3.8) is 0 Å². The molecule has 8 heavy (non-hydrogen) atoms. The Bertz CT molecular complexity index is 91.8. The van der Waals surface area contributed by atoms with Crippen LogP contribution < -0.4 is 0 Å². The molecule has 3 nitrogen and oxygen atoms in total. The summed E-state index contributed by atoms with van der Waals surface area (Å²) in [5.41, 5.74) is 0. The fraction of sp³-hybridized carbons (Fsp3) is 0.800. The van der Waals surface area contributed by atoms with Gasteiger partial charge in [0.25, 0.3) is 0 Å². The largest absolute Gasteiger partial charge is 0.308 e. The molecule has 0 aliphatic heterocycles. The summed E-state index contributed by atoms with van der Waals surface area (Å²) >= 11 is 0. The Morgan fingerprint density at radius 1 is 1.62 bits per heavy atom. The van der Waals surface area contributed by atoms with Crippen molar-refractivity contribution in [1.82, 2.24) is 4.90 Å². The molecular weight excluding hydrogens is 102 g/mol. The molecular formula is C5H11N3. The van der Waals surface area contributed by atoms with Crippen LogP contribution in [0.4, 0.5) is 0 Å². The van der Waals surface area contributed by atoms with Gasteiger partial charge in [0, 0.05) is 6.54 Å². The first-order valence-electron chi connectivity index (χ1n) is 2.50. The second kappa shape index (κ2) is 4.50. The molecule has 0 heterocycles. The van der Waals surface area contributed by atoms with Gasteiger partial charge in [-0.3, -0.25) is 0 Å². The van der Waals surface area contributed by atoms with E-state index in [9.17, 15) is 0 Å². The normalized spacial score (nSPS) is 8.88. The number of likely N-dealkylation sites (N-methyl/N-ethyl adjacent to an activating group) is 1. The molecule has 0 amide bonds. The first-order chi connectivity index (χ1) is 3.77. The summed E-state index contributed by atoms with van der Waals surface area (Å²) in [6.45, 7) is 1.57. The Morgan fingerprint density at radius 3 is 2.62 bits per heavy atom. The summed E-state index contributed by atoms with van der Waals surface area (Å²) in [7, 11) is 3.94. The highest BCUT2D eigenvalue weighted by molar-refractivity contribution is 5.35. The Hall–Kier alpha value is -0.660. The van der Waals surface area contributed by atoms with Gasteiger partial charge in [-0.15, -0.1) is 0 Å². The Morgan fingerprint density at radius 2 is 2.25 bits per heavy atom. The zero-order valence-corrected chi connectivity index (χ0v) is 5.31. The quantitative estimate of drug-likeness (QED) is 0.525. The first-order valence-corrected chi connectivity index (χ1v) is 2.50. The van der Waals surface area contributed by atoms with Gasteiger partial charge in [-0.25, -0.2) is 10.4 Å². The molecule has 0 saturated carbocycles. The molecule has 0 unspecified atom stereocenters. The molecule has 0 aromatic heterocycles. The number of hydrogen-bond acceptors (Lipinski definition) is 3. The van der Waals surface area contributed by atoms with Gasteiger partial charge in [0.2, 0.25) is 0 Å². The Kier molecular flexibility index (Phi) is 4.13. The van der Waals surface area contributed by atoms with E-state index in [1.54, 1.807) is 0 Å². The van der Waals surface area contributed by atoms with E-state index in [1.807, 2.05) is 25.0 Å². The van der Waals surface area contributed by atoms with Crippen molar-refractivity contribution in [2.75, 3.05) is 27.2 Å². The molecule has 0 rings (SSSR count). The molecule has 0 fully saturated rings. The molecule has 46 valence electrons. The SMILES string of the molecule is CN(C)CCN=C=N. The Balaban J connectivity index is 3.05. The minimum absolute atomic E-state index is 0.677. The summed E-state index contributed by atoms with van der Waals surface area (Å²) < 4.78 is 0. The summed E-state index contributed by atoms with van der Waals surface area (Å²) in [5, 5.41) is 6.41. The van der Waals surface area contributed by atoms with Crippen molar-refractivity contribution in [3.05, 3.63) is 0 Å². The van der Waals surface area contributed by atoms with Crippen LogP contribution in [-0.2, 0) is 0 Å². The molecule has 0 aliphatic carbocycles. The lowest BCUT2D eigenvalue weighted by molar-refractivity contribution is 0.421. The van der Waals surface area contributed by atoms with Gasteiger partial charge in [-0.2, -0.15) is 0 Å². The van der Waals surface area contributed by atoms with E-state index in [1.165, 1.54) is 0 Å². The highest BCUT2D eigenvalue weighted by atomic mass is 15.1. The summed E-state index contributed by atoms with van der Waals surface area (Å²) in [6.07, 6.45) is 0. The molecule has 0 aliphatic rings. The molecule has 0 aromatic rings. The average molecular weight is 113 g/mol. The molecule has 3 heteroatoms. The first kappa shape index (κ1) is 7.34. The van der Waals surface area contributed by atoms with Crippen molar-refractivity contribution in [1.29, 1.82) is 5.41 Å². The predicted molar refractivity (Wildman–Crippen MR) is 33.6 cm³/mol. The van der Waals surface area contributed by atoms with Crippen molar-refractivity contribution in [2.24, 2.45) is 4.99 Å². The van der Waals surface area contributed by atoms with Gasteiger partial charge in [-0.1, -0.05) is 0 Å². The van der Waals surface area contributed by atoms with Gasteiger partial charge in [-0.05, 0) is 14.1 Å². The summed E-state index contributed by atoms with van der Waals surface area (Å²) in [6, 6.07) is 1.97. The van der Waals surface area contributed by atoms with Gasteiger partial charge in [0.05, 0.1) is 12.6 Å². The highest BCUT2D eigenvalue weighted by Gasteiger charge is 1.83. The number of nitrogens with one attached hydrogen (secondary N) is 1. The fourth-order valence-electron chi connectivity index (χ4n) is 0.306. The van der Waals surface area contributed by atoms with Gasteiger partial charge >= 0.3 is 0 Å². The smallest absolute Gasteiger partial charge is 0.0862 e. The van der Waals surface area contributed by atoms with E-state index in [0.717, 1.165) is 6.54 Å². The molecule has 0 aromatic carbocycles. The molecule has 1 N–H and O–H groups in total. The maximum absolute atomic E-state index is 6.41. The van der Waals surface area contributed by atoms with Crippen molar-refractivity contribution >= 4 is 6.01 Å². The minimum atomic E-state index is 0.677. The van der Waals surface area contributed by atoms with Crippen LogP contribution in [0.5, 0.6) is 0 Å². The van der Waals surface area contributed by atoms with Crippen LogP contribution in [0.1, 0.15) is 0 Å². The molecule has 0 spiro atoms. The molecule has 0 atom stereocenters. The topological polar surface area (TPSA) is 39.5 Å². The fourth-order valence-corrected chi connectivity index (χ4v) is 0.306. The van der Waals surface area contributed by atoms with Gasteiger partial charge in [0.15, 0.2) is 0 Å². The van der Waals surface area contributed by atoms with Crippen LogP contribution >= 0.6 is 0 Å². The van der Waals surface area contributed by atoms with Crippen LogP contribution in [-0.4, -0.2) is 38.1 Å². The highest BCUT2D eigenvalue weighted by Crippen LogP contribution is 1.72. The third-order valence-corrected chi connectivity index (χ3v) is 0.738. The molecule has 0 radical (unpaired) electrons. The van der Waals surface area contributed by atoms with E-state index in [0.29, 0.717) is 6.54 Å². The monoisotopic (exact) mass is 113 g/mol. The molecule has 0 bridgehead atoms. The van der Waals surface area contributed by atoms with E-state index < -0.39 is 0 Å². The third-order valence-electron chi connectivity index (χ3n) is 0.738. The maximum atomic E-state index is 6.41.